The van der Waals surface area contributed by atoms with E-state index in [0.717, 1.165) is 45.2 Å². The molecule has 5 rings (SSSR count). The Morgan fingerprint density at radius 3 is 2.64 bits per heavy atom. The fraction of sp³-hybridized carbons (Fsp3) is 0.538. The van der Waals surface area contributed by atoms with Gasteiger partial charge in [0.25, 0.3) is 0 Å². The summed E-state index contributed by atoms with van der Waals surface area (Å²) in [5.41, 5.74) is 2.85. The summed E-state index contributed by atoms with van der Waals surface area (Å²) < 4.78 is 11.8. The minimum Gasteiger partial charge on any atom is -0.483 e. The van der Waals surface area contributed by atoms with Crippen molar-refractivity contribution in [2.24, 2.45) is 11.3 Å². The van der Waals surface area contributed by atoms with Crippen LogP contribution in [-0.2, 0) is 19.5 Å². The van der Waals surface area contributed by atoms with E-state index in [1.54, 1.807) is 6.07 Å². The number of likely N-dealkylation sites (tertiary alicyclic amines) is 1. The van der Waals surface area contributed by atoms with E-state index in [0.29, 0.717) is 31.3 Å². The fourth-order valence-corrected chi connectivity index (χ4v) is 5.78. The highest BCUT2D eigenvalue weighted by atomic mass is 16.5. The highest BCUT2D eigenvalue weighted by Gasteiger charge is 2.48. The molecule has 0 radical (unpaired) electrons. The number of rotatable bonds is 5. The van der Waals surface area contributed by atoms with E-state index in [2.05, 4.69) is 29.2 Å². The number of amides is 1. The first kappa shape index (κ1) is 22.0. The summed E-state index contributed by atoms with van der Waals surface area (Å²) in [5.74, 6) is 1.32. The Hall–Kier alpha value is -2.80. The number of carboxylic acid groups (broad SMARTS) is 1. The van der Waals surface area contributed by atoms with Gasteiger partial charge < -0.3 is 19.2 Å². The zero-order valence-electron chi connectivity index (χ0n) is 19.2. The number of benzene rings is 1. The first-order valence-electron chi connectivity index (χ1n) is 12.0. The molecular formula is C26H32N2O5. The minimum atomic E-state index is -0.822. The number of piperidine rings is 1. The lowest BCUT2D eigenvalue weighted by atomic mass is 9.56. The van der Waals surface area contributed by atoms with Crippen molar-refractivity contribution in [3.05, 3.63) is 63.7 Å². The lowest BCUT2D eigenvalue weighted by molar-refractivity contribution is -0.0511. The van der Waals surface area contributed by atoms with Crippen LogP contribution in [0.2, 0.25) is 0 Å². The number of nitrogens with zero attached hydrogens (tertiary/aromatic N) is 2. The summed E-state index contributed by atoms with van der Waals surface area (Å²) in [6, 6.07) is 10.1. The lowest BCUT2D eigenvalue weighted by Crippen LogP contribution is -2.51. The molecule has 1 spiro atoms. The fourth-order valence-electron chi connectivity index (χ4n) is 5.78. The van der Waals surface area contributed by atoms with Crippen LogP contribution in [0, 0.1) is 11.3 Å². The minimum absolute atomic E-state index is 0.0690. The molecule has 1 saturated heterocycles. The number of fused-ring (bicyclic) bond motifs is 1. The van der Waals surface area contributed by atoms with E-state index in [1.165, 1.54) is 22.3 Å². The van der Waals surface area contributed by atoms with Crippen molar-refractivity contribution < 1.29 is 19.1 Å². The van der Waals surface area contributed by atoms with Gasteiger partial charge in [0.15, 0.2) is 0 Å². The molecule has 3 aliphatic rings. The molecule has 1 atom stereocenters. The summed E-state index contributed by atoms with van der Waals surface area (Å²) in [6.07, 6.45) is 5.48. The van der Waals surface area contributed by atoms with Crippen LogP contribution in [0.4, 0.5) is 4.79 Å². The van der Waals surface area contributed by atoms with Crippen molar-refractivity contribution in [2.45, 2.75) is 58.2 Å². The Bertz CT molecular complexity index is 1060. The highest BCUT2D eigenvalue weighted by molar-refractivity contribution is 5.65. The van der Waals surface area contributed by atoms with Crippen molar-refractivity contribution in [1.82, 2.24) is 9.80 Å². The first-order chi connectivity index (χ1) is 15.9. The first-order valence-corrected chi connectivity index (χ1v) is 12.0. The average Bonchev–Trinajstić information content (AvgIpc) is 2.79. The second-order valence-corrected chi connectivity index (χ2v) is 10.1. The van der Waals surface area contributed by atoms with E-state index in [9.17, 15) is 9.59 Å². The third-order valence-corrected chi connectivity index (χ3v) is 7.90. The van der Waals surface area contributed by atoms with E-state index >= 15 is 0 Å². The molecule has 176 valence electrons. The van der Waals surface area contributed by atoms with Crippen LogP contribution in [0.25, 0.3) is 0 Å². The predicted molar refractivity (Wildman–Crippen MR) is 123 cm³/mol. The van der Waals surface area contributed by atoms with Crippen LogP contribution in [-0.4, -0.2) is 46.7 Å². The number of hydrogen-bond acceptors (Lipinski definition) is 5. The maximum atomic E-state index is 12.7. The summed E-state index contributed by atoms with van der Waals surface area (Å²) in [5, 5.41) is 9.14. The third kappa shape index (κ3) is 4.64. The molecule has 1 saturated carbocycles. The van der Waals surface area contributed by atoms with Crippen LogP contribution in [0.3, 0.4) is 0 Å². The van der Waals surface area contributed by atoms with Gasteiger partial charge in [-0.15, -0.1) is 0 Å². The van der Waals surface area contributed by atoms with E-state index in [1.807, 2.05) is 6.92 Å². The molecule has 3 heterocycles. The normalized spacial score (nSPS) is 21.3. The zero-order valence-corrected chi connectivity index (χ0v) is 19.2. The molecule has 1 aliphatic carbocycles. The van der Waals surface area contributed by atoms with Gasteiger partial charge in [-0.3, -0.25) is 9.69 Å². The molecule has 0 bridgehead atoms. The Morgan fingerprint density at radius 1 is 1.21 bits per heavy atom. The van der Waals surface area contributed by atoms with E-state index in [4.69, 9.17) is 14.3 Å². The molecule has 1 aromatic carbocycles. The van der Waals surface area contributed by atoms with E-state index < -0.39 is 6.09 Å². The second kappa shape index (κ2) is 8.86. The Kier molecular flexibility index (Phi) is 5.91. The molecule has 1 unspecified atom stereocenters. The standard InChI is InChI=1S/C26H32N2O5/c1-18(21-13-26(14-21)7-10-28(11-8-26)25(30)31)33-24-17-32-22(12-23(24)29)16-27-9-6-19-4-2-3-5-20(19)15-27/h2-5,12,17-18,21H,6-11,13-16H2,1H3,(H,30,31). The van der Waals surface area contributed by atoms with Crippen LogP contribution < -0.4 is 10.2 Å². The molecule has 2 aromatic rings. The van der Waals surface area contributed by atoms with Crippen LogP contribution in [0.1, 0.15) is 49.5 Å². The smallest absolute Gasteiger partial charge is 0.407 e. The van der Waals surface area contributed by atoms with Crippen molar-refractivity contribution in [3.63, 3.8) is 0 Å². The Balaban J connectivity index is 1.13. The highest BCUT2D eigenvalue weighted by Crippen LogP contribution is 2.54. The van der Waals surface area contributed by atoms with Gasteiger partial charge >= 0.3 is 6.09 Å². The third-order valence-electron chi connectivity index (χ3n) is 7.90. The summed E-state index contributed by atoms with van der Waals surface area (Å²) in [4.78, 5) is 27.6. The van der Waals surface area contributed by atoms with Crippen molar-refractivity contribution in [2.75, 3.05) is 19.6 Å². The predicted octanol–water partition coefficient (Wildman–Crippen LogP) is 4.14. The van der Waals surface area contributed by atoms with Gasteiger partial charge in [0.2, 0.25) is 11.2 Å². The lowest BCUT2D eigenvalue weighted by Gasteiger charge is -2.53. The molecular weight excluding hydrogens is 420 g/mol. The van der Waals surface area contributed by atoms with Gasteiger partial charge in [-0.25, -0.2) is 4.79 Å². The number of hydrogen-bond donors (Lipinski definition) is 1. The van der Waals surface area contributed by atoms with Crippen LogP contribution >= 0.6 is 0 Å². The Labute approximate surface area is 194 Å². The summed E-state index contributed by atoms with van der Waals surface area (Å²) in [6.45, 7) is 5.67. The topological polar surface area (TPSA) is 83.2 Å². The summed E-state index contributed by atoms with van der Waals surface area (Å²) in [7, 11) is 0. The van der Waals surface area contributed by atoms with Gasteiger partial charge in [-0.2, -0.15) is 0 Å². The molecule has 2 aliphatic heterocycles. The quantitative estimate of drug-likeness (QED) is 0.734. The van der Waals surface area contributed by atoms with Crippen molar-refractivity contribution in [1.29, 1.82) is 0 Å². The molecule has 1 aromatic heterocycles. The van der Waals surface area contributed by atoms with Crippen LogP contribution in [0.5, 0.6) is 5.75 Å². The van der Waals surface area contributed by atoms with Gasteiger partial charge in [0, 0.05) is 32.2 Å². The number of ether oxygens (including phenoxy) is 1. The molecule has 2 fully saturated rings. The molecule has 1 N–H and O–H groups in total. The van der Waals surface area contributed by atoms with Gasteiger partial charge in [-0.05, 0) is 61.5 Å². The Morgan fingerprint density at radius 2 is 1.94 bits per heavy atom. The summed E-state index contributed by atoms with van der Waals surface area (Å²) >= 11 is 0. The molecule has 7 heteroatoms. The number of carbonyl (C=O) groups is 1. The van der Waals surface area contributed by atoms with Crippen molar-refractivity contribution >= 4 is 6.09 Å². The monoisotopic (exact) mass is 452 g/mol. The second-order valence-electron chi connectivity index (χ2n) is 10.1. The van der Waals surface area contributed by atoms with Gasteiger partial charge in [0.05, 0.1) is 12.6 Å². The van der Waals surface area contributed by atoms with E-state index in [-0.39, 0.29) is 22.7 Å². The van der Waals surface area contributed by atoms with Gasteiger partial charge in [0.1, 0.15) is 12.0 Å². The SMILES string of the molecule is CC(Oc1coc(CN2CCc3ccccc3C2)cc1=O)C1CC2(CCN(C(=O)O)CC2)C1. The maximum absolute atomic E-state index is 12.7. The maximum Gasteiger partial charge on any atom is 0.407 e. The van der Waals surface area contributed by atoms with Crippen LogP contribution in [0.15, 0.2) is 45.8 Å². The molecule has 7 nitrogen and oxygen atoms in total. The zero-order chi connectivity index (χ0) is 23.0. The molecule has 1 amide bonds. The average molecular weight is 453 g/mol. The largest absolute Gasteiger partial charge is 0.483 e. The molecule has 33 heavy (non-hydrogen) atoms. The van der Waals surface area contributed by atoms with Crippen molar-refractivity contribution in [3.8, 4) is 5.75 Å². The van der Waals surface area contributed by atoms with Gasteiger partial charge in [-0.1, -0.05) is 24.3 Å².